The average Bonchev–Trinajstić information content (AvgIpc) is 3.69. The minimum atomic E-state index is -0.979. The zero-order chi connectivity index (χ0) is 31.7. The first-order chi connectivity index (χ1) is 21.3. The lowest BCUT2D eigenvalue weighted by Crippen LogP contribution is -2.68. The molecular formula is C31H45N9O2S2. The largest absolute Gasteiger partial charge is 0.379 e. The second kappa shape index (κ2) is 15.3. The Morgan fingerprint density at radius 1 is 1.34 bits per heavy atom. The SMILES string of the molecule is C=C/C(=C\N(C)CCN1CCOCC1)Nc1nc(-c2cnn(C3(CC#N)CN(C(C)(O)SCC)C3)c2)c2sccc2n1.CC. The van der Waals surface area contributed by atoms with Crippen molar-refractivity contribution in [1.29, 1.82) is 5.26 Å². The fraction of sp³-hybridized carbons (Fsp3) is 0.548. The molecule has 2 saturated heterocycles. The van der Waals surface area contributed by atoms with Crippen molar-refractivity contribution in [2.24, 2.45) is 0 Å². The summed E-state index contributed by atoms with van der Waals surface area (Å²) >= 11 is 3.07. The number of thiophene rings is 1. The summed E-state index contributed by atoms with van der Waals surface area (Å²) in [6.45, 7) is 18.3. The molecule has 3 aromatic rings. The number of rotatable bonds is 13. The number of fused-ring (bicyclic) bond motifs is 1. The molecule has 3 aromatic heterocycles. The summed E-state index contributed by atoms with van der Waals surface area (Å²) in [5, 5.41) is 29.6. The fourth-order valence-electron chi connectivity index (χ4n) is 5.32. The number of nitrogens with one attached hydrogen (secondary N) is 1. The number of aromatic nitrogens is 4. The van der Waals surface area contributed by atoms with Gasteiger partial charge >= 0.3 is 0 Å². The van der Waals surface area contributed by atoms with E-state index in [0.29, 0.717) is 25.5 Å². The lowest BCUT2D eigenvalue weighted by atomic mass is 9.86. The molecule has 13 heteroatoms. The van der Waals surface area contributed by atoms with E-state index in [9.17, 15) is 10.4 Å². The van der Waals surface area contributed by atoms with Crippen LogP contribution in [0.3, 0.4) is 0 Å². The van der Waals surface area contributed by atoms with E-state index in [4.69, 9.17) is 19.8 Å². The molecule has 1 atom stereocenters. The van der Waals surface area contributed by atoms with Gasteiger partial charge < -0.3 is 20.1 Å². The van der Waals surface area contributed by atoms with Crippen molar-refractivity contribution in [3.63, 3.8) is 0 Å². The fourth-order valence-corrected chi connectivity index (χ4v) is 7.02. The number of nitrogens with zero attached hydrogens (tertiary/aromatic N) is 8. The molecule has 1 unspecified atom stereocenters. The monoisotopic (exact) mass is 639 g/mol. The van der Waals surface area contributed by atoms with Crippen LogP contribution in [0.15, 0.2) is 48.4 Å². The van der Waals surface area contributed by atoms with E-state index >= 15 is 0 Å². The zero-order valence-corrected chi connectivity index (χ0v) is 28.1. The summed E-state index contributed by atoms with van der Waals surface area (Å²) < 4.78 is 8.30. The molecule has 44 heavy (non-hydrogen) atoms. The van der Waals surface area contributed by atoms with Crippen LogP contribution < -0.4 is 5.32 Å². The maximum absolute atomic E-state index is 10.9. The lowest BCUT2D eigenvalue weighted by molar-refractivity contribution is -0.117. The van der Waals surface area contributed by atoms with E-state index in [0.717, 1.165) is 72.3 Å². The van der Waals surface area contributed by atoms with E-state index in [1.165, 1.54) is 11.8 Å². The van der Waals surface area contributed by atoms with Crippen LogP contribution in [-0.2, 0) is 10.3 Å². The number of ether oxygens (including phenoxy) is 1. The number of aliphatic hydroxyl groups is 1. The quantitative estimate of drug-likeness (QED) is 0.201. The van der Waals surface area contributed by atoms with Crippen LogP contribution in [0.25, 0.3) is 21.5 Å². The van der Waals surface area contributed by atoms with Crippen LogP contribution >= 0.6 is 23.1 Å². The Labute approximate surface area is 269 Å². The van der Waals surface area contributed by atoms with Gasteiger partial charge in [-0.25, -0.2) is 9.97 Å². The molecule has 2 aliphatic heterocycles. The summed E-state index contributed by atoms with van der Waals surface area (Å²) in [7, 11) is 2.05. The van der Waals surface area contributed by atoms with Crippen LogP contribution in [0.2, 0.25) is 0 Å². The Bertz CT molecular complexity index is 1450. The number of morpholine rings is 1. The molecule has 2 aliphatic rings. The number of likely N-dealkylation sites (tertiary alicyclic amines) is 1. The van der Waals surface area contributed by atoms with E-state index in [1.54, 1.807) is 23.6 Å². The van der Waals surface area contributed by atoms with Crippen molar-refractivity contribution in [1.82, 2.24) is 34.4 Å². The van der Waals surface area contributed by atoms with Crippen molar-refractivity contribution < 1.29 is 9.84 Å². The summed E-state index contributed by atoms with van der Waals surface area (Å²) in [4.78, 5) is 16.2. The van der Waals surface area contributed by atoms with Gasteiger partial charge in [0.2, 0.25) is 5.95 Å². The number of hydrogen-bond acceptors (Lipinski definition) is 12. The minimum Gasteiger partial charge on any atom is -0.379 e. The molecule has 5 heterocycles. The number of hydrogen-bond donors (Lipinski definition) is 2. The predicted octanol–water partition coefficient (Wildman–Crippen LogP) is 4.63. The zero-order valence-electron chi connectivity index (χ0n) is 26.5. The summed E-state index contributed by atoms with van der Waals surface area (Å²) in [5.74, 6) is 1.28. The smallest absolute Gasteiger partial charge is 0.228 e. The first-order valence-corrected chi connectivity index (χ1v) is 17.0. The number of thioether (sulfide) groups is 1. The first kappa shape index (κ1) is 33.9. The van der Waals surface area contributed by atoms with E-state index in [-0.39, 0.29) is 0 Å². The van der Waals surface area contributed by atoms with Gasteiger partial charge in [0.15, 0.2) is 5.06 Å². The molecule has 5 rings (SSSR count). The topological polar surface area (TPSA) is 119 Å². The second-order valence-electron chi connectivity index (χ2n) is 10.8. The third-order valence-corrected chi connectivity index (χ3v) is 9.74. The van der Waals surface area contributed by atoms with Gasteiger partial charge in [0, 0.05) is 64.3 Å². The van der Waals surface area contributed by atoms with E-state index in [2.05, 4.69) is 27.8 Å². The number of allylic oxidation sites excluding steroid dienone is 1. The van der Waals surface area contributed by atoms with Gasteiger partial charge in [-0.3, -0.25) is 14.5 Å². The van der Waals surface area contributed by atoms with Crippen molar-refractivity contribution in [2.45, 2.75) is 44.7 Å². The van der Waals surface area contributed by atoms with Gasteiger partial charge in [0.05, 0.1) is 53.5 Å². The molecule has 0 aliphatic carbocycles. The Morgan fingerprint density at radius 3 is 2.77 bits per heavy atom. The Hall–Kier alpha value is -2.99. The highest BCUT2D eigenvalue weighted by molar-refractivity contribution is 8.00. The van der Waals surface area contributed by atoms with Crippen LogP contribution in [0.4, 0.5) is 5.95 Å². The molecule has 11 nitrogen and oxygen atoms in total. The van der Waals surface area contributed by atoms with Gasteiger partial charge in [-0.05, 0) is 30.2 Å². The number of nitriles is 1. The maximum atomic E-state index is 10.9. The highest BCUT2D eigenvalue weighted by atomic mass is 32.2. The van der Waals surface area contributed by atoms with Crippen LogP contribution in [0.1, 0.15) is 34.1 Å². The van der Waals surface area contributed by atoms with E-state index in [1.807, 2.05) is 68.2 Å². The van der Waals surface area contributed by atoms with Crippen molar-refractivity contribution in [3.05, 3.63) is 48.4 Å². The third-order valence-electron chi connectivity index (χ3n) is 7.74. The predicted molar refractivity (Wildman–Crippen MR) is 180 cm³/mol. The molecule has 0 radical (unpaired) electrons. The maximum Gasteiger partial charge on any atom is 0.228 e. The molecular weight excluding hydrogens is 595 g/mol. The van der Waals surface area contributed by atoms with Crippen LogP contribution in [0.5, 0.6) is 0 Å². The van der Waals surface area contributed by atoms with Gasteiger partial charge in [-0.15, -0.1) is 23.1 Å². The standard InChI is InChI=1S/C29H39N9O2S2.C2H6/c1-5-23(19-35(4)10-11-36-12-14-40-15-13-36)32-27-33-24-7-16-41-26(24)25(34-27)22-17-31-38(18-22)29(8-9-30)20-37(21-29)28(3,39)42-6-2;1-2/h5,7,16-19,39H,1,6,8,10-15,20-21H2,2-4H3,(H,32,33,34);1-2H3/b23-19+;. The normalized spacial score (nSPS) is 18.4. The van der Waals surface area contributed by atoms with E-state index < -0.39 is 10.6 Å². The molecule has 0 saturated carbocycles. The van der Waals surface area contributed by atoms with Crippen molar-refractivity contribution in [2.75, 3.05) is 70.6 Å². The third kappa shape index (κ3) is 7.80. The van der Waals surface area contributed by atoms with Gasteiger partial charge in [0.1, 0.15) is 5.54 Å². The Morgan fingerprint density at radius 2 is 2.09 bits per heavy atom. The number of likely N-dealkylation sites (N-methyl/N-ethyl adjacent to an activating group) is 1. The number of anilines is 1. The van der Waals surface area contributed by atoms with Gasteiger partial charge in [-0.1, -0.05) is 27.4 Å². The highest BCUT2D eigenvalue weighted by Crippen LogP contribution is 2.41. The summed E-state index contributed by atoms with van der Waals surface area (Å²) in [6, 6.07) is 4.32. The molecule has 0 amide bonds. The average molecular weight is 640 g/mol. The highest BCUT2D eigenvalue weighted by Gasteiger charge is 2.51. The second-order valence-corrected chi connectivity index (χ2v) is 13.4. The molecule has 0 aromatic carbocycles. The summed E-state index contributed by atoms with van der Waals surface area (Å²) in [5.41, 5.74) is 2.78. The van der Waals surface area contributed by atoms with Gasteiger partial charge in [-0.2, -0.15) is 10.4 Å². The van der Waals surface area contributed by atoms with Crippen molar-refractivity contribution in [3.8, 4) is 17.3 Å². The molecule has 2 N–H and O–H groups in total. The lowest BCUT2D eigenvalue weighted by Gasteiger charge is -2.54. The van der Waals surface area contributed by atoms with Crippen molar-refractivity contribution >= 4 is 39.3 Å². The Kier molecular flexibility index (Phi) is 11.8. The first-order valence-electron chi connectivity index (χ1n) is 15.2. The minimum absolute atomic E-state index is 0.301. The molecule has 238 valence electrons. The Balaban J connectivity index is 0.00000216. The summed E-state index contributed by atoms with van der Waals surface area (Å²) in [6.07, 6.45) is 7.85. The molecule has 2 fully saturated rings. The van der Waals surface area contributed by atoms with Crippen LogP contribution in [-0.4, -0.2) is 110 Å². The van der Waals surface area contributed by atoms with Crippen LogP contribution in [0, 0.1) is 11.3 Å². The van der Waals surface area contributed by atoms with Gasteiger partial charge in [0.25, 0.3) is 0 Å². The molecule has 0 bridgehead atoms. The molecule has 0 spiro atoms.